The summed E-state index contributed by atoms with van der Waals surface area (Å²) >= 11 is 0.898. The molecule has 3 rings (SSSR count). The zero-order valence-electron chi connectivity index (χ0n) is 14.1. The minimum atomic E-state index is -4.69. The van der Waals surface area contributed by atoms with Crippen molar-refractivity contribution in [3.05, 3.63) is 57.7 Å². The van der Waals surface area contributed by atoms with E-state index in [4.69, 9.17) is 0 Å². The summed E-state index contributed by atoms with van der Waals surface area (Å²) in [4.78, 5) is 11.6. The SMILES string of the molecule is CCCn1c(=O)sc2cc(S(=O)(=O)Nc3ccccc3C(F)(F)F)ccc21. The molecule has 0 fully saturated rings. The molecule has 0 aliphatic rings. The number of anilines is 1. The second kappa shape index (κ2) is 7.01. The monoisotopic (exact) mass is 416 g/mol. The summed E-state index contributed by atoms with van der Waals surface area (Å²) in [7, 11) is -4.26. The lowest BCUT2D eigenvalue weighted by Gasteiger charge is -2.14. The molecule has 27 heavy (non-hydrogen) atoms. The standard InChI is InChI=1S/C17H15F3N2O3S2/c1-2-9-22-14-8-7-11(10-15(14)26-16(22)23)27(24,25)21-13-6-4-3-5-12(13)17(18,19)20/h3-8,10,21H,2,9H2,1H3. The predicted molar refractivity (Wildman–Crippen MR) is 98.6 cm³/mol. The summed E-state index contributed by atoms with van der Waals surface area (Å²) in [6.45, 7) is 2.42. The Hall–Kier alpha value is -2.33. The van der Waals surface area contributed by atoms with Gasteiger partial charge in [0.05, 0.1) is 26.4 Å². The highest BCUT2D eigenvalue weighted by Gasteiger charge is 2.34. The first kappa shape index (κ1) is 19.4. The lowest BCUT2D eigenvalue weighted by molar-refractivity contribution is -0.136. The fourth-order valence-electron chi connectivity index (χ4n) is 2.67. The van der Waals surface area contributed by atoms with Gasteiger partial charge < -0.3 is 0 Å². The van der Waals surface area contributed by atoms with Crippen LogP contribution in [-0.2, 0) is 22.7 Å². The average Bonchev–Trinajstić information content (AvgIpc) is 2.89. The third-order valence-electron chi connectivity index (χ3n) is 3.87. The van der Waals surface area contributed by atoms with E-state index >= 15 is 0 Å². The number of rotatable bonds is 5. The maximum atomic E-state index is 13.1. The van der Waals surface area contributed by atoms with Crippen molar-refractivity contribution in [1.29, 1.82) is 0 Å². The van der Waals surface area contributed by atoms with Crippen LogP contribution in [0.3, 0.4) is 0 Å². The molecule has 0 bridgehead atoms. The van der Waals surface area contributed by atoms with E-state index in [1.807, 2.05) is 11.6 Å². The molecule has 2 aromatic carbocycles. The molecule has 144 valence electrons. The first-order valence-electron chi connectivity index (χ1n) is 7.96. The Bertz CT molecular complexity index is 1150. The number of sulfonamides is 1. The maximum Gasteiger partial charge on any atom is 0.418 e. The molecule has 0 saturated heterocycles. The number of hydrogen-bond acceptors (Lipinski definition) is 4. The van der Waals surface area contributed by atoms with Gasteiger partial charge in [0.25, 0.3) is 10.0 Å². The van der Waals surface area contributed by atoms with Gasteiger partial charge >= 0.3 is 11.0 Å². The number of benzene rings is 2. The van der Waals surface area contributed by atoms with Crippen molar-refractivity contribution < 1.29 is 21.6 Å². The van der Waals surface area contributed by atoms with Crippen LogP contribution >= 0.6 is 11.3 Å². The minimum absolute atomic E-state index is 0.211. The summed E-state index contributed by atoms with van der Waals surface area (Å²) in [5.41, 5.74) is -1.03. The highest BCUT2D eigenvalue weighted by molar-refractivity contribution is 7.92. The third-order valence-corrected chi connectivity index (χ3v) is 6.18. The normalized spacial score (nSPS) is 12.4. The Kier molecular flexibility index (Phi) is 5.04. The zero-order valence-corrected chi connectivity index (χ0v) is 15.7. The van der Waals surface area contributed by atoms with Crippen LogP contribution in [0.2, 0.25) is 0 Å². The van der Waals surface area contributed by atoms with E-state index in [0.29, 0.717) is 16.8 Å². The van der Waals surface area contributed by atoms with Gasteiger partial charge in [-0.1, -0.05) is 30.4 Å². The fourth-order valence-corrected chi connectivity index (χ4v) is 4.81. The molecule has 5 nitrogen and oxygen atoms in total. The quantitative estimate of drug-likeness (QED) is 0.675. The van der Waals surface area contributed by atoms with Crippen LogP contribution in [0.15, 0.2) is 52.2 Å². The van der Waals surface area contributed by atoms with Crippen molar-refractivity contribution in [2.45, 2.75) is 31.0 Å². The van der Waals surface area contributed by atoms with Gasteiger partial charge in [0, 0.05) is 6.54 Å². The van der Waals surface area contributed by atoms with Crippen LogP contribution in [-0.4, -0.2) is 13.0 Å². The summed E-state index contributed by atoms with van der Waals surface area (Å²) in [5, 5.41) is 0. The topological polar surface area (TPSA) is 68.2 Å². The molecular formula is C17H15F3N2O3S2. The van der Waals surface area contributed by atoms with Crippen molar-refractivity contribution in [3.8, 4) is 0 Å². The van der Waals surface area contributed by atoms with Crippen molar-refractivity contribution in [1.82, 2.24) is 4.57 Å². The number of aryl methyl sites for hydroxylation is 1. The molecule has 1 aromatic heterocycles. The summed E-state index contributed by atoms with van der Waals surface area (Å²) in [5.74, 6) is 0. The lowest BCUT2D eigenvalue weighted by Crippen LogP contribution is -2.17. The Morgan fingerprint density at radius 2 is 1.85 bits per heavy atom. The molecule has 0 saturated carbocycles. The van der Waals surface area contributed by atoms with Crippen molar-refractivity contribution >= 4 is 37.3 Å². The van der Waals surface area contributed by atoms with Crippen LogP contribution < -0.4 is 9.60 Å². The smallest absolute Gasteiger partial charge is 0.299 e. The molecule has 1 N–H and O–H groups in total. The first-order chi connectivity index (χ1) is 12.6. The number of aromatic nitrogens is 1. The number of para-hydroxylation sites is 1. The molecule has 0 unspecified atom stereocenters. The van der Waals surface area contributed by atoms with E-state index in [1.54, 1.807) is 4.57 Å². The second-order valence-corrected chi connectivity index (χ2v) is 8.47. The van der Waals surface area contributed by atoms with Gasteiger partial charge in [0.15, 0.2) is 0 Å². The molecule has 0 aliphatic heterocycles. The van der Waals surface area contributed by atoms with E-state index in [2.05, 4.69) is 0 Å². The number of nitrogens with one attached hydrogen (secondary N) is 1. The fraction of sp³-hybridized carbons (Fsp3) is 0.235. The Balaban J connectivity index is 2.03. The number of thiazole rings is 1. The maximum absolute atomic E-state index is 13.1. The summed E-state index contributed by atoms with van der Waals surface area (Å²) in [6, 6.07) is 8.42. The molecule has 1 heterocycles. The van der Waals surface area contributed by atoms with Gasteiger partial charge in [-0.3, -0.25) is 14.1 Å². The molecular weight excluding hydrogens is 401 g/mol. The molecule has 0 atom stereocenters. The molecule has 10 heteroatoms. The van der Waals surface area contributed by atoms with Crippen LogP contribution in [0.25, 0.3) is 10.2 Å². The van der Waals surface area contributed by atoms with Crippen LogP contribution in [0, 0.1) is 0 Å². The second-order valence-electron chi connectivity index (χ2n) is 5.80. The van der Waals surface area contributed by atoms with Crippen LogP contribution in [0.5, 0.6) is 0 Å². The number of fused-ring (bicyclic) bond motifs is 1. The van der Waals surface area contributed by atoms with Crippen LogP contribution in [0.4, 0.5) is 18.9 Å². The number of nitrogens with zero attached hydrogens (tertiary/aromatic N) is 1. The lowest BCUT2D eigenvalue weighted by atomic mass is 10.2. The Labute approximate surface area is 157 Å². The Morgan fingerprint density at radius 3 is 2.52 bits per heavy atom. The predicted octanol–water partition coefficient (Wildman–Crippen LogP) is 4.29. The van der Waals surface area contributed by atoms with Gasteiger partial charge in [0.1, 0.15) is 0 Å². The zero-order chi connectivity index (χ0) is 19.8. The molecule has 0 spiro atoms. The van der Waals surface area contributed by atoms with E-state index in [-0.39, 0.29) is 9.77 Å². The first-order valence-corrected chi connectivity index (χ1v) is 10.3. The van der Waals surface area contributed by atoms with E-state index in [1.165, 1.54) is 30.3 Å². The average molecular weight is 416 g/mol. The molecule has 0 aliphatic carbocycles. The highest BCUT2D eigenvalue weighted by atomic mass is 32.2. The van der Waals surface area contributed by atoms with E-state index < -0.39 is 27.5 Å². The van der Waals surface area contributed by atoms with Crippen molar-refractivity contribution in [2.75, 3.05) is 4.72 Å². The van der Waals surface area contributed by atoms with Crippen LogP contribution in [0.1, 0.15) is 18.9 Å². The van der Waals surface area contributed by atoms with Gasteiger partial charge in [-0.25, -0.2) is 8.42 Å². The van der Waals surface area contributed by atoms with Crippen molar-refractivity contribution in [2.24, 2.45) is 0 Å². The number of halogens is 3. The minimum Gasteiger partial charge on any atom is -0.299 e. The summed E-state index contributed by atoms with van der Waals surface area (Å²) < 4.78 is 68.4. The highest BCUT2D eigenvalue weighted by Crippen LogP contribution is 2.35. The number of hydrogen-bond donors (Lipinski definition) is 1. The van der Waals surface area contributed by atoms with Crippen molar-refractivity contribution in [3.63, 3.8) is 0 Å². The van der Waals surface area contributed by atoms with Gasteiger partial charge in [-0.15, -0.1) is 0 Å². The largest absolute Gasteiger partial charge is 0.418 e. The third kappa shape index (κ3) is 3.86. The van der Waals surface area contributed by atoms with Gasteiger partial charge in [-0.05, 0) is 36.8 Å². The van der Waals surface area contributed by atoms with E-state index in [9.17, 15) is 26.4 Å². The Morgan fingerprint density at radius 1 is 1.15 bits per heavy atom. The summed E-state index contributed by atoms with van der Waals surface area (Å²) in [6.07, 6.45) is -3.96. The van der Waals surface area contributed by atoms with E-state index in [0.717, 1.165) is 29.9 Å². The molecule has 0 radical (unpaired) electrons. The van der Waals surface area contributed by atoms with Gasteiger partial charge in [0.2, 0.25) is 0 Å². The number of alkyl halides is 3. The molecule has 3 aromatic rings. The van der Waals surface area contributed by atoms with Gasteiger partial charge in [-0.2, -0.15) is 13.2 Å². The molecule has 0 amide bonds.